The summed E-state index contributed by atoms with van der Waals surface area (Å²) in [7, 11) is -3.66. The number of anilines is 1. The maximum atomic E-state index is 12.1. The summed E-state index contributed by atoms with van der Waals surface area (Å²) in [5, 5.41) is 3.97. The summed E-state index contributed by atoms with van der Waals surface area (Å²) in [4.78, 5) is 0.00412. The molecule has 0 aliphatic heterocycles. The van der Waals surface area contributed by atoms with Gasteiger partial charge in [-0.25, -0.2) is 13.1 Å². The SMILES string of the molecule is CCCn1cc(S(=O)(=O)NCc2ccoc2)c(N)n1. The molecule has 0 saturated heterocycles. The largest absolute Gasteiger partial charge is 0.472 e. The highest BCUT2D eigenvalue weighted by atomic mass is 32.2. The minimum absolute atomic E-state index is 0.00412. The lowest BCUT2D eigenvalue weighted by Gasteiger charge is -2.03. The molecule has 0 radical (unpaired) electrons. The van der Waals surface area contributed by atoms with E-state index in [1.807, 2.05) is 6.92 Å². The van der Waals surface area contributed by atoms with E-state index in [1.165, 1.54) is 23.4 Å². The maximum Gasteiger partial charge on any atom is 0.246 e. The normalized spacial score (nSPS) is 11.8. The molecule has 2 aromatic rings. The molecule has 104 valence electrons. The first-order valence-electron chi connectivity index (χ1n) is 5.86. The molecule has 7 nitrogen and oxygen atoms in total. The number of aromatic nitrogens is 2. The third-order valence-electron chi connectivity index (χ3n) is 2.54. The minimum Gasteiger partial charge on any atom is -0.472 e. The van der Waals surface area contributed by atoms with E-state index in [1.54, 1.807) is 6.07 Å². The number of nitrogens with two attached hydrogens (primary N) is 1. The Morgan fingerprint density at radius 3 is 2.95 bits per heavy atom. The van der Waals surface area contributed by atoms with Gasteiger partial charge >= 0.3 is 0 Å². The first-order chi connectivity index (χ1) is 9.03. The Labute approximate surface area is 111 Å². The molecule has 0 fully saturated rings. The van der Waals surface area contributed by atoms with Gasteiger partial charge in [0.25, 0.3) is 0 Å². The third kappa shape index (κ3) is 3.15. The topological polar surface area (TPSA) is 103 Å². The van der Waals surface area contributed by atoms with Crippen LogP contribution in [0.25, 0.3) is 0 Å². The highest BCUT2D eigenvalue weighted by Gasteiger charge is 2.20. The Balaban J connectivity index is 2.14. The van der Waals surface area contributed by atoms with Crippen molar-refractivity contribution in [1.29, 1.82) is 0 Å². The lowest BCUT2D eigenvalue weighted by Crippen LogP contribution is -2.23. The maximum absolute atomic E-state index is 12.1. The van der Waals surface area contributed by atoms with E-state index in [9.17, 15) is 8.42 Å². The fourth-order valence-electron chi connectivity index (χ4n) is 1.62. The van der Waals surface area contributed by atoms with Crippen molar-refractivity contribution in [2.24, 2.45) is 0 Å². The lowest BCUT2D eigenvalue weighted by molar-refractivity contribution is 0.561. The first kappa shape index (κ1) is 13.6. The zero-order valence-corrected chi connectivity index (χ0v) is 11.4. The van der Waals surface area contributed by atoms with Crippen LogP contribution in [0.3, 0.4) is 0 Å². The molecule has 0 bridgehead atoms. The van der Waals surface area contributed by atoms with Crippen molar-refractivity contribution in [2.75, 3.05) is 5.73 Å². The molecule has 3 N–H and O–H groups in total. The molecule has 0 saturated carbocycles. The van der Waals surface area contributed by atoms with Gasteiger partial charge in [0.05, 0.1) is 12.5 Å². The summed E-state index contributed by atoms with van der Waals surface area (Å²) in [5.41, 5.74) is 6.38. The van der Waals surface area contributed by atoms with E-state index < -0.39 is 10.0 Å². The highest BCUT2D eigenvalue weighted by Crippen LogP contribution is 2.16. The molecule has 0 unspecified atom stereocenters. The predicted molar refractivity (Wildman–Crippen MR) is 69.7 cm³/mol. The minimum atomic E-state index is -3.66. The van der Waals surface area contributed by atoms with Gasteiger partial charge in [0, 0.05) is 24.8 Å². The molecule has 2 rings (SSSR count). The summed E-state index contributed by atoms with van der Waals surface area (Å²) in [6.45, 7) is 2.75. The summed E-state index contributed by atoms with van der Waals surface area (Å²) < 4.78 is 33.0. The van der Waals surface area contributed by atoms with Crippen molar-refractivity contribution in [2.45, 2.75) is 31.3 Å². The van der Waals surface area contributed by atoms with E-state index >= 15 is 0 Å². The van der Waals surface area contributed by atoms with Gasteiger partial charge < -0.3 is 10.2 Å². The number of rotatable bonds is 6. The van der Waals surface area contributed by atoms with Gasteiger partial charge in [-0.2, -0.15) is 5.10 Å². The quantitative estimate of drug-likeness (QED) is 0.822. The smallest absolute Gasteiger partial charge is 0.246 e. The van der Waals surface area contributed by atoms with E-state index in [0.29, 0.717) is 6.54 Å². The number of aryl methyl sites for hydroxylation is 1. The fourth-order valence-corrected chi connectivity index (χ4v) is 2.71. The van der Waals surface area contributed by atoms with Gasteiger partial charge in [0.15, 0.2) is 5.82 Å². The molecule has 19 heavy (non-hydrogen) atoms. The van der Waals surface area contributed by atoms with Crippen LogP contribution in [0.1, 0.15) is 18.9 Å². The molecule has 0 atom stereocenters. The molecular weight excluding hydrogens is 268 g/mol. The summed E-state index contributed by atoms with van der Waals surface area (Å²) in [5.74, 6) is 0.00754. The van der Waals surface area contributed by atoms with Gasteiger partial charge in [0.2, 0.25) is 10.0 Å². The molecule has 0 amide bonds. The molecule has 0 spiro atoms. The zero-order chi connectivity index (χ0) is 13.9. The monoisotopic (exact) mass is 284 g/mol. The fraction of sp³-hybridized carbons (Fsp3) is 0.364. The molecule has 2 aromatic heterocycles. The van der Waals surface area contributed by atoms with Crippen molar-refractivity contribution in [3.63, 3.8) is 0 Å². The number of hydrogen-bond acceptors (Lipinski definition) is 5. The second kappa shape index (κ2) is 5.45. The average molecular weight is 284 g/mol. The van der Waals surface area contributed by atoms with Crippen LogP contribution in [0.4, 0.5) is 5.82 Å². The number of nitrogens with zero attached hydrogens (tertiary/aromatic N) is 2. The van der Waals surface area contributed by atoms with Gasteiger partial charge in [-0.15, -0.1) is 0 Å². The molecular formula is C11H16N4O3S. The van der Waals surface area contributed by atoms with Crippen molar-refractivity contribution >= 4 is 15.8 Å². The second-order valence-corrected chi connectivity index (χ2v) is 5.83. The summed E-state index contributed by atoms with van der Waals surface area (Å²) in [6.07, 6.45) is 5.25. The van der Waals surface area contributed by atoms with Crippen LogP contribution in [-0.2, 0) is 23.1 Å². The molecule has 0 aliphatic rings. The average Bonchev–Trinajstić information content (AvgIpc) is 2.97. The van der Waals surface area contributed by atoms with Gasteiger partial charge in [-0.05, 0) is 12.5 Å². The Bertz CT molecular complexity index is 631. The van der Waals surface area contributed by atoms with Crippen LogP contribution in [-0.4, -0.2) is 18.2 Å². The molecule has 8 heteroatoms. The van der Waals surface area contributed by atoms with Crippen molar-refractivity contribution in [3.05, 3.63) is 30.4 Å². The molecule has 2 heterocycles. The summed E-state index contributed by atoms with van der Waals surface area (Å²) in [6, 6.07) is 1.69. The molecule has 0 aromatic carbocycles. The summed E-state index contributed by atoms with van der Waals surface area (Å²) >= 11 is 0. The number of nitrogens with one attached hydrogen (secondary N) is 1. The number of furan rings is 1. The zero-order valence-electron chi connectivity index (χ0n) is 10.5. The Hall–Kier alpha value is -1.80. The van der Waals surface area contributed by atoms with Gasteiger partial charge in [0.1, 0.15) is 4.90 Å². The lowest BCUT2D eigenvalue weighted by atomic mass is 10.4. The van der Waals surface area contributed by atoms with Crippen molar-refractivity contribution < 1.29 is 12.8 Å². The van der Waals surface area contributed by atoms with Crippen LogP contribution in [0.15, 0.2) is 34.1 Å². The van der Waals surface area contributed by atoms with Crippen LogP contribution in [0.2, 0.25) is 0 Å². The van der Waals surface area contributed by atoms with Gasteiger partial charge in [-0.3, -0.25) is 4.68 Å². The first-order valence-corrected chi connectivity index (χ1v) is 7.35. The Morgan fingerprint density at radius 1 is 1.53 bits per heavy atom. The van der Waals surface area contributed by atoms with Crippen LogP contribution >= 0.6 is 0 Å². The standard InChI is InChI=1S/C11H16N4O3S/c1-2-4-15-7-10(11(12)14-15)19(16,17)13-6-9-3-5-18-8-9/h3,5,7-8,13H,2,4,6H2,1H3,(H2,12,14). The van der Waals surface area contributed by atoms with Crippen LogP contribution in [0.5, 0.6) is 0 Å². The molecule has 0 aliphatic carbocycles. The number of hydrogen-bond donors (Lipinski definition) is 2. The van der Waals surface area contributed by atoms with Crippen molar-refractivity contribution in [1.82, 2.24) is 14.5 Å². The van der Waals surface area contributed by atoms with E-state index in [2.05, 4.69) is 9.82 Å². The van der Waals surface area contributed by atoms with Gasteiger partial charge in [-0.1, -0.05) is 6.92 Å². The number of nitrogen functional groups attached to an aromatic ring is 1. The highest BCUT2D eigenvalue weighted by molar-refractivity contribution is 7.89. The van der Waals surface area contributed by atoms with E-state index in [4.69, 9.17) is 10.2 Å². The van der Waals surface area contributed by atoms with Crippen LogP contribution < -0.4 is 10.5 Å². The Morgan fingerprint density at radius 2 is 2.32 bits per heavy atom. The Kier molecular flexibility index (Phi) is 3.91. The van der Waals surface area contributed by atoms with Crippen molar-refractivity contribution in [3.8, 4) is 0 Å². The third-order valence-corrected chi connectivity index (χ3v) is 3.96. The van der Waals surface area contributed by atoms with E-state index in [-0.39, 0.29) is 17.3 Å². The van der Waals surface area contributed by atoms with Crippen LogP contribution in [0, 0.1) is 0 Å². The second-order valence-electron chi connectivity index (χ2n) is 4.10. The predicted octanol–water partition coefficient (Wildman–Crippen LogP) is 0.947. The van der Waals surface area contributed by atoms with E-state index in [0.717, 1.165) is 12.0 Å². The number of sulfonamides is 1.